The molecule has 0 radical (unpaired) electrons. The van der Waals surface area contributed by atoms with Crippen LogP contribution in [0.2, 0.25) is 0 Å². The third-order valence-corrected chi connectivity index (χ3v) is 1.62. The molecule has 5 heteroatoms. The number of carboxylic acid groups (broad SMARTS) is 1. The van der Waals surface area contributed by atoms with Crippen molar-refractivity contribution in [2.24, 2.45) is 4.99 Å². The van der Waals surface area contributed by atoms with Crippen LogP contribution in [0.3, 0.4) is 0 Å². The van der Waals surface area contributed by atoms with Gasteiger partial charge < -0.3 is 10.4 Å². The lowest BCUT2D eigenvalue weighted by Crippen LogP contribution is -2.31. The standard InChI is InChI=1S/C9H14N2O3/c1-4-10-9(14)11-7(3)6(2)5-8(12)13/h4-5,7H,1-3H3,(H,11,14)(H,12,13)/b6-5+,10-4+. The Labute approximate surface area is 82.5 Å². The van der Waals surface area contributed by atoms with E-state index in [1.165, 1.54) is 6.21 Å². The SMILES string of the molecule is C/C=N/C(=O)NC(C)/C(C)=C/C(=O)O. The molecule has 14 heavy (non-hydrogen) atoms. The highest BCUT2D eigenvalue weighted by Crippen LogP contribution is 2.00. The minimum absolute atomic E-state index is 0.331. The first-order chi connectivity index (χ1) is 6.47. The molecule has 0 spiro atoms. The highest BCUT2D eigenvalue weighted by atomic mass is 16.4. The van der Waals surface area contributed by atoms with Crippen molar-refractivity contribution in [2.45, 2.75) is 26.8 Å². The molecular weight excluding hydrogens is 184 g/mol. The van der Waals surface area contributed by atoms with Crippen molar-refractivity contribution in [1.82, 2.24) is 5.32 Å². The van der Waals surface area contributed by atoms with Gasteiger partial charge in [0.1, 0.15) is 0 Å². The zero-order chi connectivity index (χ0) is 11.1. The van der Waals surface area contributed by atoms with Crippen LogP contribution in [-0.4, -0.2) is 29.4 Å². The van der Waals surface area contributed by atoms with E-state index < -0.39 is 12.0 Å². The molecule has 0 saturated carbocycles. The smallest absolute Gasteiger partial charge is 0.341 e. The normalized spacial score (nSPS) is 14.1. The maximum absolute atomic E-state index is 11.0. The van der Waals surface area contributed by atoms with Gasteiger partial charge in [-0.25, -0.2) is 14.6 Å². The number of aliphatic carboxylic acids is 1. The third-order valence-electron chi connectivity index (χ3n) is 1.62. The Morgan fingerprint density at radius 2 is 2.07 bits per heavy atom. The number of carboxylic acids is 1. The minimum atomic E-state index is -1.03. The fraction of sp³-hybridized carbons (Fsp3) is 0.444. The average Bonchev–Trinajstić information content (AvgIpc) is 2.02. The monoisotopic (exact) mass is 198 g/mol. The zero-order valence-corrected chi connectivity index (χ0v) is 8.44. The molecule has 0 aromatic heterocycles. The Kier molecular flexibility index (Phi) is 5.21. The van der Waals surface area contributed by atoms with Crippen LogP contribution in [0.25, 0.3) is 0 Å². The summed E-state index contributed by atoms with van der Waals surface area (Å²) in [5.74, 6) is -1.03. The summed E-state index contributed by atoms with van der Waals surface area (Å²) in [7, 11) is 0. The van der Waals surface area contributed by atoms with E-state index in [4.69, 9.17) is 5.11 Å². The van der Waals surface area contributed by atoms with Crippen molar-refractivity contribution in [1.29, 1.82) is 0 Å². The molecule has 1 atom stereocenters. The van der Waals surface area contributed by atoms with E-state index >= 15 is 0 Å². The summed E-state index contributed by atoms with van der Waals surface area (Å²) in [4.78, 5) is 24.7. The maximum atomic E-state index is 11.0. The number of nitrogens with zero attached hydrogens (tertiary/aromatic N) is 1. The number of amides is 2. The molecule has 0 fully saturated rings. The van der Waals surface area contributed by atoms with E-state index in [9.17, 15) is 9.59 Å². The number of rotatable bonds is 3. The van der Waals surface area contributed by atoms with Gasteiger partial charge >= 0.3 is 12.0 Å². The molecule has 0 bridgehead atoms. The van der Waals surface area contributed by atoms with Crippen LogP contribution in [0.5, 0.6) is 0 Å². The van der Waals surface area contributed by atoms with Gasteiger partial charge in [-0.15, -0.1) is 0 Å². The Hall–Kier alpha value is -1.65. The highest BCUT2D eigenvalue weighted by Gasteiger charge is 2.07. The van der Waals surface area contributed by atoms with Gasteiger partial charge in [0.2, 0.25) is 0 Å². The molecule has 0 aliphatic heterocycles. The molecule has 78 valence electrons. The Balaban J connectivity index is 4.27. The lowest BCUT2D eigenvalue weighted by molar-refractivity contribution is -0.131. The lowest BCUT2D eigenvalue weighted by Gasteiger charge is -2.11. The topological polar surface area (TPSA) is 78.8 Å². The summed E-state index contributed by atoms with van der Waals surface area (Å²) in [5, 5.41) is 11.0. The fourth-order valence-corrected chi connectivity index (χ4v) is 0.773. The van der Waals surface area contributed by atoms with Gasteiger partial charge in [-0.1, -0.05) is 0 Å². The van der Waals surface area contributed by atoms with Crippen LogP contribution in [0, 0.1) is 0 Å². The number of hydrogen-bond acceptors (Lipinski definition) is 2. The molecular formula is C9H14N2O3. The van der Waals surface area contributed by atoms with Crippen LogP contribution < -0.4 is 5.32 Å². The van der Waals surface area contributed by atoms with Gasteiger partial charge in [-0.3, -0.25) is 0 Å². The van der Waals surface area contributed by atoms with Crippen LogP contribution in [0.15, 0.2) is 16.6 Å². The van der Waals surface area contributed by atoms with E-state index in [2.05, 4.69) is 10.3 Å². The van der Waals surface area contributed by atoms with E-state index in [0.29, 0.717) is 5.57 Å². The van der Waals surface area contributed by atoms with Crippen molar-refractivity contribution in [3.63, 3.8) is 0 Å². The predicted octanol–water partition coefficient (Wildman–Crippen LogP) is 1.21. The van der Waals surface area contributed by atoms with Gasteiger partial charge in [0.05, 0.1) is 0 Å². The number of hydrogen-bond donors (Lipinski definition) is 2. The van der Waals surface area contributed by atoms with E-state index in [0.717, 1.165) is 6.08 Å². The zero-order valence-electron chi connectivity index (χ0n) is 8.44. The van der Waals surface area contributed by atoms with Gasteiger partial charge in [-0.2, -0.15) is 0 Å². The summed E-state index contributed by atoms with van der Waals surface area (Å²) >= 11 is 0. The molecule has 0 saturated heterocycles. The average molecular weight is 198 g/mol. The van der Waals surface area contributed by atoms with Gasteiger partial charge in [0.25, 0.3) is 0 Å². The molecule has 0 aromatic carbocycles. The Morgan fingerprint density at radius 3 is 2.50 bits per heavy atom. The maximum Gasteiger partial charge on any atom is 0.341 e. The number of carbonyl (C=O) groups excluding carboxylic acids is 1. The molecule has 0 aliphatic carbocycles. The second-order valence-corrected chi connectivity index (χ2v) is 2.79. The number of aliphatic imine (C=N–C) groups is 1. The van der Waals surface area contributed by atoms with E-state index in [-0.39, 0.29) is 6.04 Å². The first kappa shape index (κ1) is 12.3. The first-order valence-electron chi connectivity index (χ1n) is 4.17. The molecule has 2 amide bonds. The van der Waals surface area contributed by atoms with Crippen LogP contribution in [0.1, 0.15) is 20.8 Å². The van der Waals surface area contributed by atoms with Crippen LogP contribution >= 0.6 is 0 Å². The summed E-state index contributed by atoms with van der Waals surface area (Å²) < 4.78 is 0. The van der Waals surface area contributed by atoms with Crippen LogP contribution in [-0.2, 0) is 4.79 Å². The highest BCUT2D eigenvalue weighted by molar-refractivity contribution is 5.84. The number of urea groups is 1. The predicted molar refractivity (Wildman–Crippen MR) is 53.6 cm³/mol. The number of carbonyl (C=O) groups is 2. The number of nitrogens with one attached hydrogen (secondary N) is 1. The molecule has 0 rings (SSSR count). The Morgan fingerprint density at radius 1 is 1.50 bits per heavy atom. The Bertz CT molecular complexity index is 282. The van der Waals surface area contributed by atoms with Crippen molar-refractivity contribution >= 4 is 18.2 Å². The van der Waals surface area contributed by atoms with Crippen molar-refractivity contribution < 1.29 is 14.7 Å². The van der Waals surface area contributed by atoms with Crippen molar-refractivity contribution in [3.05, 3.63) is 11.6 Å². The molecule has 0 aliphatic rings. The summed E-state index contributed by atoms with van der Waals surface area (Å²) in [5.41, 5.74) is 0.567. The molecule has 0 heterocycles. The fourth-order valence-electron chi connectivity index (χ4n) is 0.773. The van der Waals surface area contributed by atoms with Gasteiger partial charge in [0.15, 0.2) is 0 Å². The molecule has 0 aromatic rings. The largest absolute Gasteiger partial charge is 0.478 e. The molecule has 5 nitrogen and oxygen atoms in total. The summed E-state index contributed by atoms with van der Waals surface area (Å²) in [6.45, 7) is 4.96. The van der Waals surface area contributed by atoms with Crippen molar-refractivity contribution in [2.75, 3.05) is 0 Å². The second kappa shape index (κ2) is 5.90. The lowest BCUT2D eigenvalue weighted by atomic mass is 10.1. The van der Waals surface area contributed by atoms with Crippen molar-refractivity contribution in [3.8, 4) is 0 Å². The second-order valence-electron chi connectivity index (χ2n) is 2.79. The molecule has 1 unspecified atom stereocenters. The quantitative estimate of drug-likeness (QED) is 0.528. The van der Waals surface area contributed by atoms with Crippen LogP contribution in [0.4, 0.5) is 4.79 Å². The third kappa shape index (κ3) is 5.08. The first-order valence-corrected chi connectivity index (χ1v) is 4.17. The van der Waals surface area contributed by atoms with Gasteiger partial charge in [0, 0.05) is 18.3 Å². The summed E-state index contributed by atoms with van der Waals surface area (Å²) in [6.07, 6.45) is 2.43. The molecule has 2 N–H and O–H groups in total. The van der Waals surface area contributed by atoms with E-state index in [1.54, 1.807) is 20.8 Å². The summed E-state index contributed by atoms with van der Waals surface area (Å²) in [6, 6.07) is -0.805. The minimum Gasteiger partial charge on any atom is -0.478 e. The van der Waals surface area contributed by atoms with Gasteiger partial charge in [-0.05, 0) is 26.3 Å². The van der Waals surface area contributed by atoms with E-state index in [1.807, 2.05) is 0 Å².